The maximum atomic E-state index is 8.95. The van der Waals surface area contributed by atoms with Gasteiger partial charge in [-0.1, -0.05) is 41.0 Å². The summed E-state index contributed by atoms with van der Waals surface area (Å²) in [5.41, 5.74) is 6.99. The molecule has 2 rings (SSSR count). The number of hydrogen-bond acceptors (Lipinski definition) is 3. The van der Waals surface area contributed by atoms with Gasteiger partial charge >= 0.3 is 0 Å². The Morgan fingerprint density at radius 1 is 1.27 bits per heavy atom. The van der Waals surface area contributed by atoms with E-state index >= 15 is 0 Å². The van der Waals surface area contributed by atoms with E-state index in [1.807, 2.05) is 12.1 Å². The maximum Gasteiger partial charge on any atom is 0.198 e. The van der Waals surface area contributed by atoms with Gasteiger partial charge in [0.05, 0.1) is 6.61 Å². The van der Waals surface area contributed by atoms with E-state index in [9.17, 15) is 0 Å². The number of nitrogens with zero attached hydrogens (tertiary/aromatic N) is 2. The van der Waals surface area contributed by atoms with Gasteiger partial charge in [0.25, 0.3) is 0 Å². The molecule has 3 N–H and O–H groups in total. The number of benzene rings is 1. The number of hydrogen-bond donors (Lipinski definition) is 2. The molecule has 1 aromatic carbocycles. The summed E-state index contributed by atoms with van der Waals surface area (Å²) in [7, 11) is 0. The molecule has 0 amide bonds. The van der Waals surface area contributed by atoms with Crippen LogP contribution in [0.1, 0.15) is 66.7 Å². The lowest BCUT2D eigenvalue weighted by atomic mass is 9.92. The third kappa shape index (κ3) is 7.82. The van der Waals surface area contributed by atoms with Gasteiger partial charge in [-0.05, 0) is 73.7 Å². The summed E-state index contributed by atoms with van der Waals surface area (Å²) in [5.74, 6) is 2.88. The van der Waals surface area contributed by atoms with E-state index in [1.165, 1.54) is 19.3 Å². The summed E-state index contributed by atoms with van der Waals surface area (Å²) in [6, 6.07) is 8.23. The van der Waals surface area contributed by atoms with E-state index < -0.39 is 0 Å². The van der Waals surface area contributed by atoms with Crippen LogP contribution in [0.4, 0.5) is 5.69 Å². The molecule has 1 aromatic rings. The average molecular weight is 417 g/mol. The monoisotopic (exact) mass is 416 g/mol. The molecule has 5 nitrogen and oxygen atoms in total. The van der Waals surface area contributed by atoms with Gasteiger partial charge in [-0.3, -0.25) is 5.41 Å². The molecule has 5 heteroatoms. The molecule has 1 atom stereocenters. The molecule has 1 unspecified atom stereocenters. The lowest BCUT2D eigenvalue weighted by Crippen LogP contribution is -2.51. The van der Waals surface area contributed by atoms with Crippen LogP contribution in [0, 0.1) is 22.7 Å². The van der Waals surface area contributed by atoms with Crippen LogP contribution in [0.3, 0.4) is 0 Å². The number of ether oxygens (including phenoxy) is 1. The molecule has 0 bridgehead atoms. The molecular weight excluding hydrogens is 372 g/mol. The fraction of sp³-hybridized carbons (Fsp3) is 0.720. The Balaban J connectivity index is 2.05. The number of anilines is 1. The zero-order valence-corrected chi connectivity index (χ0v) is 19.9. The van der Waals surface area contributed by atoms with Crippen molar-refractivity contribution >= 4 is 11.6 Å². The minimum Gasteiger partial charge on any atom is -0.494 e. The van der Waals surface area contributed by atoms with E-state index in [4.69, 9.17) is 15.9 Å². The van der Waals surface area contributed by atoms with E-state index in [-0.39, 0.29) is 5.41 Å². The second-order valence-corrected chi connectivity index (χ2v) is 10.2. The van der Waals surface area contributed by atoms with Crippen LogP contribution in [0.25, 0.3) is 0 Å². The number of rotatable bonds is 10. The second kappa shape index (κ2) is 11.6. The predicted octanol–water partition coefficient (Wildman–Crippen LogP) is 5.35. The number of guanidine groups is 1. The van der Waals surface area contributed by atoms with Gasteiger partial charge in [0.2, 0.25) is 0 Å². The molecule has 1 fully saturated rings. The Morgan fingerprint density at radius 3 is 2.57 bits per heavy atom. The third-order valence-electron chi connectivity index (χ3n) is 5.94. The summed E-state index contributed by atoms with van der Waals surface area (Å²) in [6.45, 7) is 15.1. The summed E-state index contributed by atoms with van der Waals surface area (Å²) in [4.78, 5) is 4.34. The maximum absolute atomic E-state index is 8.95. The topological polar surface area (TPSA) is 65.6 Å². The Hall–Kier alpha value is -1.75. The molecule has 1 aliphatic rings. The van der Waals surface area contributed by atoms with Gasteiger partial charge in [-0.25, -0.2) is 0 Å². The smallest absolute Gasteiger partial charge is 0.198 e. The predicted molar refractivity (Wildman–Crippen MR) is 129 cm³/mol. The van der Waals surface area contributed by atoms with Crippen LogP contribution in [-0.2, 0) is 0 Å². The van der Waals surface area contributed by atoms with Crippen molar-refractivity contribution < 1.29 is 4.74 Å². The van der Waals surface area contributed by atoms with Crippen molar-refractivity contribution in [1.29, 1.82) is 5.41 Å². The number of nitrogens with one attached hydrogen (secondary N) is 1. The molecule has 0 aromatic heterocycles. The first-order valence-corrected chi connectivity index (χ1v) is 11.8. The van der Waals surface area contributed by atoms with Crippen molar-refractivity contribution in [1.82, 2.24) is 4.90 Å². The number of piperidine rings is 1. The zero-order chi connectivity index (χ0) is 22.1. The van der Waals surface area contributed by atoms with E-state index in [2.05, 4.69) is 56.6 Å². The normalized spacial score (nSPS) is 17.3. The van der Waals surface area contributed by atoms with Crippen molar-refractivity contribution in [3.63, 3.8) is 0 Å². The first-order valence-electron chi connectivity index (χ1n) is 11.8. The van der Waals surface area contributed by atoms with Crippen molar-refractivity contribution in [2.75, 3.05) is 37.7 Å². The van der Waals surface area contributed by atoms with Crippen LogP contribution >= 0.6 is 0 Å². The summed E-state index contributed by atoms with van der Waals surface area (Å²) >= 11 is 0. The fourth-order valence-electron chi connectivity index (χ4n) is 3.90. The molecule has 1 heterocycles. The van der Waals surface area contributed by atoms with Crippen molar-refractivity contribution in [3.05, 3.63) is 24.3 Å². The molecule has 0 aliphatic carbocycles. The average Bonchev–Trinajstić information content (AvgIpc) is 2.72. The van der Waals surface area contributed by atoms with Crippen LogP contribution in [0.2, 0.25) is 0 Å². The van der Waals surface area contributed by atoms with Crippen LogP contribution in [-0.4, -0.2) is 43.6 Å². The quantitative estimate of drug-likeness (QED) is 0.306. The lowest BCUT2D eigenvalue weighted by Gasteiger charge is -2.40. The molecule has 1 saturated heterocycles. The Morgan fingerprint density at radius 2 is 1.97 bits per heavy atom. The highest BCUT2D eigenvalue weighted by Crippen LogP contribution is 2.26. The minimum absolute atomic E-state index is 0.0701. The lowest BCUT2D eigenvalue weighted by molar-refractivity contribution is 0.265. The van der Waals surface area contributed by atoms with E-state index in [1.54, 1.807) is 0 Å². The van der Waals surface area contributed by atoms with Crippen LogP contribution < -0.4 is 15.4 Å². The van der Waals surface area contributed by atoms with Crippen molar-refractivity contribution in [2.45, 2.75) is 66.7 Å². The first-order chi connectivity index (χ1) is 14.2. The number of unbranched alkanes of at least 4 members (excludes halogenated alkanes) is 1. The zero-order valence-electron chi connectivity index (χ0n) is 19.9. The Bertz CT molecular complexity index is 641. The molecule has 30 heavy (non-hydrogen) atoms. The van der Waals surface area contributed by atoms with Gasteiger partial charge < -0.3 is 20.3 Å². The Labute approximate surface area is 184 Å². The standard InChI is InChI=1S/C25H44N4O/c1-20(2)9-6-7-16-30-23-13-11-22(12-14-23)29(19-25(4,5)18-26)24(27)28-15-8-10-21(3)17-28/h11-14,20-21,27H,6-10,15-19,26H2,1-5H3. The van der Waals surface area contributed by atoms with Crippen molar-refractivity contribution in [2.24, 2.45) is 23.0 Å². The largest absolute Gasteiger partial charge is 0.494 e. The highest BCUT2D eigenvalue weighted by molar-refractivity contribution is 5.94. The summed E-state index contributed by atoms with van der Waals surface area (Å²) in [6.07, 6.45) is 5.96. The summed E-state index contributed by atoms with van der Waals surface area (Å²) in [5, 5.41) is 8.95. The SMILES string of the molecule is CC(C)CCCCOc1ccc(N(CC(C)(C)CN)C(=N)N2CCCC(C)C2)cc1. The second-order valence-electron chi connectivity index (χ2n) is 10.2. The van der Waals surface area contributed by atoms with Crippen LogP contribution in [0.15, 0.2) is 24.3 Å². The Kier molecular flexibility index (Phi) is 9.47. The molecule has 0 saturated carbocycles. The number of likely N-dealkylation sites (tertiary alicyclic amines) is 1. The summed E-state index contributed by atoms with van der Waals surface area (Å²) < 4.78 is 5.93. The van der Waals surface area contributed by atoms with Crippen LogP contribution in [0.5, 0.6) is 5.75 Å². The van der Waals surface area contributed by atoms with Gasteiger partial charge in [0.15, 0.2) is 5.96 Å². The third-order valence-corrected chi connectivity index (χ3v) is 5.94. The molecular formula is C25H44N4O. The van der Waals surface area contributed by atoms with Gasteiger partial charge in [0.1, 0.15) is 5.75 Å². The van der Waals surface area contributed by atoms with Crippen molar-refractivity contribution in [3.8, 4) is 5.75 Å². The fourth-order valence-corrected chi connectivity index (χ4v) is 3.90. The molecule has 170 valence electrons. The van der Waals surface area contributed by atoms with Gasteiger partial charge in [0, 0.05) is 25.3 Å². The number of nitrogens with two attached hydrogens (primary N) is 1. The van der Waals surface area contributed by atoms with Gasteiger partial charge in [-0.2, -0.15) is 0 Å². The minimum atomic E-state index is -0.0701. The van der Waals surface area contributed by atoms with E-state index in [0.717, 1.165) is 56.4 Å². The highest BCUT2D eigenvalue weighted by atomic mass is 16.5. The van der Waals surface area contributed by atoms with E-state index in [0.29, 0.717) is 18.4 Å². The first kappa shape index (κ1) is 24.5. The highest BCUT2D eigenvalue weighted by Gasteiger charge is 2.28. The molecule has 1 aliphatic heterocycles. The van der Waals surface area contributed by atoms with Gasteiger partial charge in [-0.15, -0.1) is 0 Å². The molecule has 0 radical (unpaired) electrons. The molecule has 0 spiro atoms.